The molecular formula is C21H16BrN4O3S+. The van der Waals surface area contributed by atoms with Crippen LogP contribution >= 0.6 is 27.7 Å². The Kier molecular flexibility index (Phi) is 5.82. The summed E-state index contributed by atoms with van der Waals surface area (Å²) in [5, 5.41) is 27.1. The van der Waals surface area contributed by atoms with Crippen molar-refractivity contribution in [2.45, 2.75) is 5.16 Å². The summed E-state index contributed by atoms with van der Waals surface area (Å²) < 4.78 is 2.88. The van der Waals surface area contributed by atoms with Gasteiger partial charge in [-0.2, -0.15) is 4.57 Å². The number of H-pyrrole nitrogens is 1. The quantitative estimate of drug-likeness (QED) is 0.166. The third kappa shape index (κ3) is 4.22. The number of ketones is 1. The molecule has 0 radical (unpaired) electrons. The first-order valence-electron chi connectivity index (χ1n) is 8.87. The molecule has 0 aliphatic rings. The second kappa shape index (κ2) is 8.68. The number of aromatic nitrogens is 4. The second-order valence-corrected chi connectivity index (χ2v) is 8.18. The molecule has 2 aromatic heterocycles. The van der Waals surface area contributed by atoms with Gasteiger partial charge in [-0.05, 0) is 66.4 Å². The largest absolute Gasteiger partial charge is 0.504 e. The van der Waals surface area contributed by atoms with Crippen LogP contribution < -0.4 is 4.57 Å². The van der Waals surface area contributed by atoms with Crippen LogP contribution in [0, 0.1) is 0 Å². The number of benzene rings is 2. The number of phenols is 2. The normalized spacial score (nSPS) is 10.8. The zero-order chi connectivity index (χ0) is 21.1. The highest BCUT2D eigenvalue weighted by atomic mass is 79.9. The molecule has 4 aromatic rings. The van der Waals surface area contributed by atoms with Crippen molar-refractivity contribution in [1.82, 2.24) is 15.2 Å². The lowest BCUT2D eigenvalue weighted by molar-refractivity contribution is -0.625. The van der Waals surface area contributed by atoms with Crippen LogP contribution in [0.15, 0.2) is 76.6 Å². The van der Waals surface area contributed by atoms with Crippen LogP contribution in [0.5, 0.6) is 11.5 Å². The molecule has 0 atom stereocenters. The Labute approximate surface area is 184 Å². The minimum absolute atomic E-state index is 0.109. The predicted molar refractivity (Wildman–Crippen MR) is 116 cm³/mol. The Bertz CT molecular complexity index is 1200. The van der Waals surface area contributed by atoms with Gasteiger partial charge >= 0.3 is 5.16 Å². The van der Waals surface area contributed by atoms with E-state index in [-0.39, 0.29) is 23.0 Å². The first kappa shape index (κ1) is 20.1. The molecule has 2 heterocycles. The molecule has 0 amide bonds. The van der Waals surface area contributed by atoms with Gasteiger partial charge in [-0.3, -0.25) is 9.78 Å². The maximum absolute atomic E-state index is 12.6. The number of thioether (sulfide) groups is 1. The van der Waals surface area contributed by atoms with Gasteiger partial charge in [0.25, 0.3) is 5.82 Å². The van der Waals surface area contributed by atoms with E-state index in [2.05, 4.69) is 31.1 Å². The van der Waals surface area contributed by atoms with Crippen LogP contribution in [-0.2, 0) is 0 Å². The lowest BCUT2D eigenvalue weighted by Gasteiger charge is -2.05. The van der Waals surface area contributed by atoms with Crippen LogP contribution in [0.1, 0.15) is 10.4 Å². The summed E-state index contributed by atoms with van der Waals surface area (Å²) in [6, 6.07) is 15.6. The molecule has 0 saturated carbocycles. The number of halogens is 1. The van der Waals surface area contributed by atoms with E-state index in [1.54, 1.807) is 12.4 Å². The first-order valence-corrected chi connectivity index (χ1v) is 10.7. The summed E-state index contributed by atoms with van der Waals surface area (Å²) in [6.45, 7) is 0. The molecule has 2 aromatic carbocycles. The van der Waals surface area contributed by atoms with E-state index in [1.807, 2.05) is 41.0 Å². The van der Waals surface area contributed by atoms with Crippen LogP contribution in [0.4, 0.5) is 0 Å². The van der Waals surface area contributed by atoms with E-state index in [4.69, 9.17) is 0 Å². The Balaban J connectivity index is 1.66. The summed E-state index contributed by atoms with van der Waals surface area (Å²) in [5.41, 5.74) is 2.05. The van der Waals surface area contributed by atoms with Crippen molar-refractivity contribution in [3.8, 4) is 28.6 Å². The van der Waals surface area contributed by atoms with Gasteiger partial charge in [0.1, 0.15) is 5.69 Å². The van der Waals surface area contributed by atoms with Gasteiger partial charge in [0, 0.05) is 22.4 Å². The van der Waals surface area contributed by atoms with Crippen LogP contribution in [0.2, 0.25) is 0 Å². The Morgan fingerprint density at radius 3 is 2.60 bits per heavy atom. The molecule has 4 rings (SSSR count). The summed E-state index contributed by atoms with van der Waals surface area (Å²) in [6.07, 6.45) is 3.44. The lowest BCUT2D eigenvalue weighted by Crippen LogP contribution is -2.34. The molecule has 0 spiro atoms. The first-order chi connectivity index (χ1) is 14.5. The van der Waals surface area contributed by atoms with Crippen molar-refractivity contribution in [1.29, 1.82) is 0 Å². The van der Waals surface area contributed by atoms with Crippen molar-refractivity contribution in [2.24, 2.45) is 0 Å². The molecule has 0 fully saturated rings. The van der Waals surface area contributed by atoms with Gasteiger partial charge in [0.05, 0.1) is 16.4 Å². The Morgan fingerprint density at radius 1 is 1.10 bits per heavy atom. The van der Waals surface area contributed by atoms with E-state index in [1.165, 1.54) is 30.0 Å². The Hall–Kier alpha value is -3.17. The number of nitrogens with one attached hydrogen (secondary N) is 1. The third-order valence-electron chi connectivity index (χ3n) is 4.32. The highest BCUT2D eigenvalue weighted by Gasteiger charge is 2.25. The number of carbonyl (C=O) groups excluding carboxylic acids is 1. The van der Waals surface area contributed by atoms with E-state index in [0.717, 1.165) is 21.5 Å². The summed E-state index contributed by atoms with van der Waals surface area (Å²) >= 11 is 4.72. The highest BCUT2D eigenvalue weighted by Crippen LogP contribution is 2.26. The van der Waals surface area contributed by atoms with E-state index in [0.29, 0.717) is 10.7 Å². The van der Waals surface area contributed by atoms with Gasteiger partial charge in [-0.15, -0.1) is 5.10 Å². The molecular weight excluding hydrogens is 468 g/mol. The van der Waals surface area contributed by atoms with Gasteiger partial charge < -0.3 is 10.2 Å². The minimum Gasteiger partial charge on any atom is -0.504 e. The van der Waals surface area contributed by atoms with Gasteiger partial charge in [0.2, 0.25) is 0 Å². The molecule has 150 valence electrons. The lowest BCUT2D eigenvalue weighted by atomic mass is 10.1. The smallest absolute Gasteiger partial charge is 0.342 e. The second-order valence-electron chi connectivity index (χ2n) is 6.32. The highest BCUT2D eigenvalue weighted by molar-refractivity contribution is 9.10. The van der Waals surface area contributed by atoms with Crippen LogP contribution in [-0.4, -0.2) is 36.9 Å². The monoisotopic (exact) mass is 483 g/mol. The van der Waals surface area contributed by atoms with E-state index < -0.39 is 0 Å². The number of phenolic OH excluding ortho intramolecular Hbond substituents is 2. The maximum atomic E-state index is 12.6. The molecule has 0 unspecified atom stereocenters. The molecule has 0 aliphatic heterocycles. The van der Waals surface area contributed by atoms with Crippen molar-refractivity contribution in [3.63, 3.8) is 0 Å². The molecule has 3 N–H and O–H groups in total. The number of hydrogen-bond acceptors (Lipinski definition) is 6. The fraction of sp³-hybridized carbons (Fsp3) is 0.0476. The number of aromatic hydroxyl groups is 2. The van der Waals surface area contributed by atoms with Gasteiger partial charge in [0.15, 0.2) is 17.3 Å². The predicted octanol–water partition coefficient (Wildman–Crippen LogP) is 3.90. The number of rotatable bonds is 6. The van der Waals surface area contributed by atoms with Crippen molar-refractivity contribution in [3.05, 3.63) is 77.0 Å². The number of carbonyl (C=O) groups is 1. The molecule has 30 heavy (non-hydrogen) atoms. The summed E-state index contributed by atoms with van der Waals surface area (Å²) in [4.78, 5) is 16.7. The number of aromatic amines is 1. The number of nitrogens with zero attached hydrogens (tertiary/aromatic N) is 3. The van der Waals surface area contributed by atoms with Crippen LogP contribution in [0.25, 0.3) is 17.1 Å². The number of hydrogen-bond donors (Lipinski definition) is 3. The molecule has 7 nitrogen and oxygen atoms in total. The fourth-order valence-electron chi connectivity index (χ4n) is 2.83. The molecule has 0 bridgehead atoms. The standard InChI is InChI=1S/C21H15BrN4O3S/c22-15-4-6-16(7-5-15)26-20(14-2-1-9-23-11-14)24-25-21(26)30-12-19(29)13-3-8-17(27)18(28)10-13/h1-11H,12H2,(H2,27,28,29)/p+1. The summed E-state index contributed by atoms with van der Waals surface area (Å²) in [7, 11) is 0. The van der Waals surface area contributed by atoms with Crippen LogP contribution in [0.3, 0.4) is 0 Å². The minimum atomic E-state index is -0.325. The zero-order valence-corrected chi connectivity index (χ0v) is 17.9. The Morgan fingerprint density at radius 2 is 1.90 bits per heavy atom. The van der Waals surface area contributed by atoms with Crippen molar-refractivity contribution >= 4 is 33.5 Å². The third-order valence-corrected chi connectivity index (χ3v) is 5.79. The fourth-order valence-corrected chi connectivity index (χ4v) is 3.96. The topological polar surface area (TPSA) is 103 Å². The maximum Gasteiger partial charge on any atom is 0.342 e. The average Bonchev–Trinajstić information content (AvgIpc) is 3.19. The van der Waals surface area contributed by atoms with E-state index in [9.17, 15) is 15.0 Å². The number of Topliss-reactive ketones (excluding diaryl/α,β-unsaturated/α-hetero) is 1. The van der Waals surface area contributed by atoms with Crippen molar-refractivity contribution in [2.75, 3.05) is 5.75 Å². The number of pyridine rings is 1. The van der Waals surface area contributed by atoms with Gasteiger partial charge in [-0.1, -0.05) is 15.9 Å². The average molecular weight is 484 g/mol. The molecule has 9 heteroatoms. The zero-order valence-electron chi connectivity index (χ0n) is 15.5. The summed E-state index contributed by atoms with van der Waals surface area (Å²) in [5.74, 6) is 0.0688. The molecule has 0 saturated heterocycles. The molecule has 0 aliphatic carbocycles. The SMILES string of the molecule is O=C(CSc1n[nH]c(-c2cccnc2)[n+]1-c1ccc(Br)cc1)c1ccc(O)c(O)c1. The van der Waals surface area contributed by atoms with Gasteiger partial charge in [-0.25, -0.2) is 0 Å². The van der Waals surface area contributed by atoms with E-state index >= 15 is 0 Å². The van der Waals surface area contributed by atoms with Crippen molar-refractivity contribution < 1.29 is 19.6 Å².